The van der Waals surface area contributed by atoms with E-state index in [0.29, 0.717) is 11.0 Å². The standard InChI is InChI=1S/C7H8N4O/c1-4-5-6(10-11(4)2)7(12)9-3-8-5/h3H,1-2H3,(H,8,9,12). The van der Waals surface area contributed by atoms with Gasteiger partial charge in [-0.1, -0.05) is 0 Å². The third-order valence-electron chi connectivity index (χ3n) is 1.91. The minimum Gasteiger partial charge on any atom is -0.311 e. The molecule has 0 radical (unpaired) electrons. The Balaban J connectivity index is 3.05. The Morgan fingerprint density at radius 2 is 2.25 bits per heavy atom. The topological polar surface area (TPSA) is 63.6 Å². The molecule has 0 unspecified atom stereocenters. The molecule has 0 aliphatic rings. The van der Waals surface area contributed by atoms with Crippen molar-refractivity contribution in [1.29, 1.82) is 0 Å². The van der Waals surface area contributed by atoms with E-state index in [0.717, 1.165) is 5.69 Å². The van der Waals surface area contributed by atoms with Crippen molar-refractivity contribution in [2.24, 2.45) is 7.05 Å². The van der Waals surface area contributed by atoms with Crippen LogP contribution in [0.3, 0.4) is 0 Å². The molecular formula is C7H8N4O. The Morgan fingerprint density at radius 1 is 1.50 bits per heavy atom. The van der Waals surface area contributed by atoms with Gasteiger partial charge in [-0.3, -0.25) is 9.48 Å². The summed E-state index contributed by atoms with van der Waals surface area (Å²) >= 11 is 0. The molecule has 1 N–H and O–H groups in total. The summed E-state index contributed by atoms with van der Waals surface area (Å²) in [4.78, 5) is 17.7. The van der Waals surface area contributed by atoms with Gasteiger partial charge in [0.15, 0.2) is 5.52 Å². The zero-order valence-corrected chi connectivity index (χ0v) is 6.83. The van der Waals surface area contributed by atoms with Crippen molar-refractivity contribution >= 4 is 11.0 Å². The second-order valence-electron chi connectivity index (χ2n) is 2.64. The van der Waals surface area contributed by atoms with Gasteiger partial charge in [-0.25, -0.2) is 4.98 Å². The van der Waals surface area contributed by atoms with Gasteiger partial charge in [-0.2, -0.15) is 5.10 Å². The van der Waals surface area contributed by atoms with Gasteiger partial charge in [0, 0.05) is 7.05 Å². The first-order valence-electron chi connectivity index (χ1n) is 3.57. The van der Waals surface area contributed by atoms with Crippen LogP contribution in [0.25, 0.3) is 11.0 Å². The van der Waals surface area contributed by atoms with E-state index in [2.05, 4.69) is 15.1 Å². The summed E-state index contributed by atoms with van der Waals surface area (Å²) in [6, 6.07) is 0. The molecule has 0 aromatic carbocycles. The van der Waals surface area contributed by atoms with E-state index in [9.17, 15) is 4.79 Å². The molecule has 0 aliphatic heterocycles. The van der Waals surface area contributed by atoms with Crippen LogP contribution in [0.15, 0.2) is 11.1 Å². The number of aryl methyl sites for hydroxylation is 2. The Kier molecular flexibility index (Phi) is 1.27. The summed E-state index contributed by atoms with van der Waals surface area (Å²) in [6.45, 7) is 1.88. The Hall–Kier alpha value is -1.65. The first-order chi connectivity index (χ1) is 5.70. The summed E-state index contributed by atoms with van der Waals surface area (Å²) in [5.41, 5.74) is 1.78. The minimum absolute atomic E-state index is 0.191. The van der Waals surface area contributed by atoms with Crippen LogP contribution in [0.1, 0.15) is 5.69 Å². The molecule has 0 amide bonds. The Bertz CT molecular complexity index is 482. The largest absolute Gasteiger partial charge is 0.311 e. The van der Waals surface area contributed by atoms with E-state index in [1.807, 2.05) is 6.92 Å². The molecule has 0 fully saturated rings. The number of fused-ring (bicyclic) bond motifs is 1. The Labute approximate surface area is 68.1 Å². The average molecular weight is 164 g/mol. The summed E-state index contributed by atoms with van der Waals surface area (Å²) < 4.78 is 1.65. The fraction of sp³-hybridized carbons (Fsp3) is 0.286. The minimum atomic E-state index is -0.191. The van der Waals surface area contributed by atoms with Crippen LogP contribution in [0.4, 0.5) is 0 Å². The van der Waals surface area contributed by atoms with Crippen LogP contribution in [0.2, 0.25) is 0 Å². The highest BCUT2D eigenvalue weighted by Gasteiger charge is 2.07. The van der Waals surface area contributed by atoms with Crippen LogP contribution in [-0.4, -0.2) is 19.7 Å². The molecule has 2 heterocycles. The van der Waals surface area contributed by atoms with Crippen LogP contribution in [0.5, 0.6) is 0 Å². The lowest BCUT2D eigenvalue weighted by Crippen LogP contribution is -2.06. The second-order valence-corrected chi connectivity index (χ2v) is 2.64. The quantitative estimate of drug-likeness (QED) is 0.594. The van der Waals surface area contributed by atoms with Gasteiger partial charge in [0.05, 0.1) is 12.0 Å². The molecule has 2 aromatic heterocycles. The van der Waals surface area contributed by atoms with E-state index < -0.39 is 0 Å². The van der Waals surface area contributed by atoms with E-state index >= 15 is 0 Å². The predicted octanol–water partition coefficient (Wildman–Crippen LogP) is -0.0350. The molecule has 5 heteroatoms. The molecule has 0 bridgehead atoms. The molecule has 0 saturated carbocycles. The van der Waals surface area contributed by atoms with Gasteiger partial charge in [0.1, 0.15) is 5.52 Å². The van der Waals surface area contributed by atoms with Gasteiger partial charge >= 0.3 is 0 Å². The summed E-state index contributed by atoms with van der Waals surface area (Å²) in [7, 11) is 1.79. The van der Waals surface area contributed by atoms with Gasteiger partial charge in [-0.05, 0) is 6.92 Å². The highest BCUT2D eigenvalue weighted by Crippen LogP contribution is 2.07. The summed E-state index contributed by atoms with van der Waals surface area (Å²) in [6.07, 6.45) is 1.39. The number of hydrogen-bond acceptors (Lipinski definition) is 3. The molecule has 62 valence electrons. The van der Waals surface area contributed by atoms with Gasteiger partial charge in [0.25, 0.3) is 5.56 Å². The van der Waals surface area contributed by atoms with Crippen molar-refractivity contribution < 1.29 is 0 Å². The first-order valence-corrected chi connectivity index (χ1v) is 3.57. The van der Waals surface area contributed by atoms with Crippen molar-refractivity contribution in [3.8, 4) is 0 Å². The molecule has 0 atom stereocenters. The van der Waals surface area contributed by atoms with Crippen LogP contribution >= 0.6 is 0 Å². The zero-order chi connectivity index (χ0) is 8.72. The molecule has 2 aromatic rings. The number of nitrogens with one attached hydrogen (secondary N) is 1. The van der Waals surface area contributed by atoms with E-state index in [4.69, 9.17) is 0 Å². The van der Waals surface area contributed by atoms with Crippen molar-refractivity contribution in [2.75, 3.05) is 0 Å². The van der Waals surface area contributed by atoms with Gasteiger partial charge in [0.2, 0.25) is 0 Å². The van der Waals surface area contributed by atoms with Crippen molar-refractivity contribution in [2.45, 2.75) is 6.92 Å². The lowest BCUT2D eigenvalue weighted by atomic mass is 10.4. The molecule has 2 rings (SSSR count). The molecule has 0 saturated heterocycles. The molecule has 0 spiro atoms. The molecule has 0 aliphatic carbocycles. The van der Waals surface area contributed by atoms with Crippen molar-refractivity contribution in [3.05, 3.63) is 22.4 Å². The first kappa shape index (κ1) is 7.02. The summed E-state index contributed by atoms with van der Waals surface area (Å²) in [5, 5.41) is 4.02. The normalized spacial score (nSPS) is 10.8. The summed E-state index contributed by atoms with van der Waals surface area (Å²) in [5.74, 6) is 0. The van der Waals surface area contributed by atoms with Crippen LogP contribution in [0, 0.1) is 6.92 Å². The van der Waals surface area contributed by atoms with Crippen LogP contribution < -0.4 is 5.56 Å². The maximum Gasteiger partial charge on any atom is 0.279 e. The predicted molar refractivity (Wildman–Crippen MR) is 43.9 cm³/mol. The SMILES string of the molecule is Cc1c2nc[nH]c(=O)c2nn1C. The number of aromatic nitrogens is 4. The number of nitrogens with zero attached hydrogens (tertiary/aromatic N) is 3. The van der Waals surface area contributed by atoms with Crippen molar-refractivity contribution in [1.82, 2.24) is 19.7 Å². The number of rotatable bonds is 0. The maximum absolute atomic E-state index is 11.2. The van der Waals surface area contributed by atoms with E-state index in [-0.39, 0.29) is 5.56 Å². The number of H-pyrrole nitrogens is 1. The molecule has 5 nitrogen and oxygen atoms in total. The van der Waals surface area contributed by atoms with E-state index in [1.165, 1.54) is 6.33 Å². The molecule has 12 heavy (non-hydrogen) atoms. The lowest BCUT2D eigenvalue weighted by molar-refractivity contribution is 0.749. The number of hydrogen-bond donors (Lipinski definition) is 1. The second kappa shape index (κ2) is 2.17. The van der Waals surface area contributed by atoms with Crippen LogP contribution in [-0.2, 0) is 7.05 Å². The monoisotopic (exact) mass is 164 g/mol. The highest BCUT2D eigenvalue weighted by molar-refractivity contribution is 5.75. The number of aromatic amines is 1. The average Bonchev–Trinajstić information content (AvgIpc) is 2.32. The van der Waals surface area contributed by atoms with Crippen molar-refractivity contribution in [3.63, 3.8) is 0 Å². The zero-order valence-electron chi connectivity index (χ0n) is 6.83. The van der Waals surface area contributed by atoms with Gasteiger partial charge in [-0.15, -0.1) is 0 Å². The van der Waals surface area contributed by atoms with Gasteiger partial charge < -0.3 is 4.98 Å². The smallest absolute Gasteiger partial charge is 0.279 e. The highest BCUT2D eigenvalue weighted by atomic mass is 16.1. The lowest BCUT2D eigenvalue weighted by Gasteiger charge is -1.89. The third-order valence-corrected chi connectivity index (χ3v) is 1.91. The van der Waals surface area contributed by atoms with E-state index in [1.54, 1.807) is 11.7 Å². The molecular weight excluding hydrogens is 156 g/mol. The fourth-order valence-corrected chi connectivity index (χ4v) is 1.13. The third kappa shape index (κ3) is 0.761. The Morgan fingerprint density at radius 3 is 2.92 bits per heavy atom. The fourth-order valence-electron chi connectivity index (χ4n) is 1.13. The maximum atomic E-state index is 11.2.